The summed E-state index contributed by atoms with van der Waals surface area (Å²) in [4.78, 5) is 10.9. The van der Waals surface area contributed by atoms with Crippen molar-refractivity contribution in [3.63, 3.8) is 0 Å². The Morgan fingerprint density at radius 2 is 2.00 bits per heavy atom. The molecule has 3 nitrogen and oxygen atoms in total. The van der Waals surface area contributed by atoms with Crippen molar-refractivity contribution in [3.8, 4) is 0 Å². The number of hydrogen-bond donors (Lipinski definition) is 2. The van der Waals surface area contributed by atoms with Gasteiger partial charge in [0.1, 0.15) is 5.82 Å². The quantitative estimate of drug-likeness (QED) is 0.813. The molecule has 0 aliphatic rings. The molecule has 0 saturated carbocycles. The zero-order chi connectivity index (χ0) is 13.8. The zero-order valence-corrected chi connectivity index (χ0v) is 12.1. The van der Waals surface area contributed by atoms with Crippen LogP contribution in [0.4, 0.5) is 10.1 Å². The van der Waals surface area contributed by atoms with Gasteiger partial charge in [0.25, 0.3) is 0 Å². The molecule has 0 heterocycles. The number of benzene rings is 2. The van der Waals surface area contributed by atoms with E-state index in [2.05, 4.69) is 27.9 Å². The lowest BCUT2D eigenvalue weighted by Gasteiger charge is -2.09. The van der Waals surface area contributed by atoms with Crippen LogP contribution in [0.15, 0.2) is 42.5 Å². The second-order valence-electron chi connectivity index (χ2n) is 4.00. The molecule has 0 fully saturated rings. The first-order valence-electron chi connectivity index (χ1n) is 5.64. The highest BCUT2D eigenvalue weighted by Crippen LogP contribution is 2.19. The number of anilines is 1. The molecular weight excluding hydrogens is 358 g/mol. The van der Waals surface area contributed by atoms with Crippen molar-refractivity contribution in [1.29, 1.82) is 0 Å². The van der Waals surface area contributed by atoms with Gasteiger partial charge in [0, 0.05) is 26.9 Å². The van der Waals surface area contributed by atoms with E-state index < -0.39 is 11.7 Å². The van der Waals surface area contributed by atoms with Crippen molar-refractivity contribution in [2.24, 2.45) is 5.73 Å². The number of amides is 1. The minimum atomic E-state index is -0.629. The lowest BCUT2D eigenvalue weighted by Crippen LogP contribution is -2.12. The van der Waals surface area contributed by atoms with Gasteiger partial charge < -0.3 is 11.1 Å². The SMILES string of the molecule is NC(=O)c1ccc(CNc2ccccc2I)c(F)c1. The highest BCUT2D eigenvalue weighted by Gasteiger charge is 2.07. The number of rotatable bonds is 4. The molecule has 0 spiro atoms. The topological polar surface area (TPSA) is 55.1 Å². The maximum absolute atomic E-state index is 13.8. The Balaban J connectivity index is 2.12. The Labute approximate surface area is 124 Å². The molecule has 0 bridgehead atoms. The number of carbonyl (C=O) groups is 1. The van der Waals surface area contributed by atoms with Gasteiger partial charge in [-0.05, 0) is 46.9 Å². The third-order valence-corrected chi connectivity index (χ3v) is 3.62. The Hall–Kier alpha value is -1.63. The Morgan fingerprint density at radius 3 is 2.63 bits per heavy atom. The minimum absolute atomic E-state index is 0.176. The van der Waals surface area contributed by atoms with Crippen LogP contribution in [0, 0.1) is 9.39 Å². The monoisotopic (exact) mass is 370 g/mol. The van der Waals surface area contributed by atoms with Crippen molar-refractivity contribution >= 4 is 34.2 Å². The van der Waals surface area contributed by atoms with Crippen LogP contribution < -0.4 is 11.1 Å². The first-order valence-corrected chi connectivity index (χ1v) is 6.72. The summed E-state index contributed by atoms with van der Waals surface area (Å²) in [6.45, 7) is 0.352. The maximum atomic E-state index is 13.8. The smallest absolute Gasteiger partial charge is 0.248 e. The van der Waals surface area contributed by atoms with Gasteiger partial charge in [-0.3, -0.25) is 4.79 Å². The largest absolute Gasteiger partial charge is 0.380 e. The molecule has 19 heavy (non-hydrogen) atoms. The molecule has 0 unspecified atom stereocenters. The molecule has 2 aromatic carbocycles. The fourth-order valence-corrected chi connectivity index (χ4v) is 2.22. The van der Waals surface area contributed by atoms with Gasteiger partial charge in [0.2, 0.25) is 5.91 Å². The number of hydrogen-bond acceptors (Lipinski definition) is 2. The van der Waals surface area contributed by atoms with Gasteiger partial charge >= 0.3 is 0 Å². The van der Waals surface area contributed by atoms with Gasteiger partial charge in [0.05, 0.1) is 0 Å². The molecule has 0 atom stereocenters. The van der Waals surface area contributed by atoms with Gasteiger partial charge in [-0.25, -0.2) is 4.39 Å². The molecular formula is C14H12FIN2O. The van der Waals surface area contributed by atoms with E-state index in [0.717, 1.165) is 15.3 Å². The number of carbonyl (C=O) groups excluding carboxylic acids is 1. The third kappa shape index (κ3) is 3.44. The van der Waals surface area contributed by atoms with Crippen LogP contribution in [-0.4, -0.2) is 5.91 Å². The van der Waals surface area contributed by atoms with E-state index >= 15 is 0 Å². The second kappa shape index (κ2) is 6.01. The summed E-state index contributed by atoms with van der Waals surface area (Å²) in [7, 11) is 0. The molecule has 5 heteroatoms. The fourth-order valence-electron chi connectivity index (χ4n) is 1.64. The number of nitrogens with two attached hydrogens (primary N) is 1. The summed E-state index contributed by atoms with van der Waals surface area (Å²) in [5.74, 6) is -1.06. The van der Waals surface area contributed by atoms with Crippen molar-refractivity contribution in [3.05, 3.63) is 63.0 Å². The minimum Gasteiger partial charge on any atom is -0.380 e. The van der Waals surface area contributed by atoms with Crippen LogP contribution in [0.25, 0.3) is 0 Å². The molecule has 0 radical (unpaired) electrons. The predicted molar refractivity (Wildman–Crippen MR) is 81.4 cm³/mol. The van der Waals surface area contributed by atoms with E-state index in [-0.39, 0.29) is 5.56 Å². The van der Waals surface area contributed by atoms with Crippen molar-refractivity contribution in [2.45, 2.75) is 6.54 Å². The van der Waals surface area contributed by atoms with Gasteiger partial charge in [-0.15, -0.1) is 0 Å². The van der Waals surface area contributed by atoms with Crippen LogP contribution >= 0.6 is 22.6 Å². The molecule has 3 N–H and O–H groups in total. The van der Waals surface area contributed by atoms with Crippen LogP contribution in [-0.2, 0) is 6.54 Å². The van der Waals surface area contributed by atoms with E-state index in [9.17, 15) is 9.18 Å². The normalized spacial score (nSPS) is 10.2. The molecule has 98 valence electrons. The highest BCUT2D eigenvalue weighted by atomic mass is 127. The summed E-state index contributed by atoms with van der Waals surface area (Å²) in [6, 6.07) is 12.0. The molecule has 0 aliphatic heterocycles. The summed E-state index contributed by atoms with van der Waals surface area (Å²) in [6.07, 6.45) is 0. The average Bonchev–Trinajstić information content (AvgIpc) is 2.39. The van der Waals surface area contributed by atoms with E-state index in [1.807, 2.05) is 24.3 Å². The summed E-state index contributed by atoms with van der Waals surface area (Å²) in [5, 5.41) is 3.16. The van der Waals surface area contributed by atoms with Crippen LogP contribution in [0.5, 0.6) is 0 Å². The van der Waals surface area contributed by atoms with Crippen molar-refractivity contribution < 1.29 is 9.18 Å². The number of nitrogens with one attached hydrogen (secondary N) is 1. The first-order chi connectivity index (χ1) is 9.08. The van der Waals surface area contributed by atoms with Gasteiger partial charge in [-0.2, -0.15) is 0 Å². The molecule has 1 amide bonds. The molecule has 0 saturated heterocycles. The van der Waals surface area contributed by atoms with Crippen LogP contribution in [0.3, 0.4) is 0 Å². The van der Waals surface area contributed by atoms with Gasteiger partial charge in [0.15, 0.2) is 0 Å². The summed E-state index contributed by atoms with van der Waals surface area (Å²) < 4.78 is 14.8. The zero-order valence-electron chi connectivity index (χ0n) is 9.99. The molecule has 0 aliphatic carbocycles. The lowest BCUT2D eigenvalue weighted by atomic mass is 10.1. The number of primary amides is 1. The molecule has 0 aromatic heterocycles. The first kappa shape index (κ1) is 13.8. The number of para-hydroxylation sites is 1. The Bertz CT molecular complexity index is 616. The lowest BCUT2D eigenvalue weighted by molar-refractivity contribution is 0.1000. The van der Waals surface area contributed by atoms with E-state index in [1.165, 1.54) is 6.07 Å². The third-order valence-electron chi connectivity index (χ3n) is 2.68. The second-order valence-corrected chi connectivity index (χ2v) is 5.17. The molecule has 2 rings (SSSR count). The predicted octanol–water partition coefficient (Wildman–Crippen LogP) is 3.14. The number of halogens is 2. The highest BCUT2D eigenvalue weighted by molar-refractivity contribution is 14.1. The van der Waals surface area contributed by atoms with Crippen LogP contribution in [0.2, 0.25) is 0 Å². The van der Waals surface area contributed by atoms with Crippen molar-refractivity contribution in [2.75, 3.05) is 5.32 Å². The van der Waals surface area contributed by atoms with E-state index in [4.69, 9.17) is 5.73 Å². The average molecular weight is 370 g/mol. The van der Waals surface area contributed by atoms with Crippen LogP contribution in [0.1, 0.15) is 15.9 Å². The Morgan fingerprint density at radius 1 is 1.26 bits per heavy atom. The van der Waals surface area contributed by atoms with E-state index in [1.54, 1.807) is 6.07 Å². The summed E-state index contributed by atoms with van der Waals surface area (Å²) in [5.41, 5.74) is 6.71. The van der Waals surface area contributed by atoms with Gasteiger partial charge in [-0.1, -0.05) is 18.2 Å². The Kier molecular flexibility index (Phi) is 4.36. The van der Waals surface area contributed by atoms with Crippen molar-refractivity contribution in [1.82, 2.24) is 0 Å². The van der Waals surface area contributed by atoms with E-state index in [0.29, 0.717) is 12.1 Å². The fraction of sp³-hybridized carbons (Fsp3) is 0.0714. The standard InChI is InChI=1S/C14H12FIN2O/c15-11-7-9(14(17)19)5-6-10(11)8-18-13-4-2-1-3-12(13)16/h1-7,18H,8H2,(H2,17,19). The maximum Gasteiger partial charge on any atom is 0.248 e. The molecule has 2 aromatic rings. The summed E-state index contributed by atoms with van der Waals surface area (Å²) >= 11 is 2.21.